The highest BCUT2D eigenvalue weighted by Gasteiger charge is 2.30. The number of amides is 1. The van der Waals surface area contributed by atoms with Crippen molar-refractivity contribution in [2.24, 2.45) is 0 Å². The van der Waals surface area contributed by atoms with Gasteiger partial charge < -0.3 is 10.2 Å². The third-order valence-electron chi connectivity index (χ3n) is 5.04. The number of hydrogen-bond donors (Lipinski definition) is 1. The summed E-state index contributed by atoms with van der Waals surface area (Å²) in [6.07, 6.45) is 7.37. The zero-order chi connectivity index (χ0) is 15.6. The molecule has 1 saturated heterocycles. The molecule has 2 aliphatic heterocycles. The van der Waals surface area contributed by atoms with Crippen LogP contribution in [0.25, 0.3) is 5.70 Å². The summed E-state index contributed by atoms with van der Waals surface area (Å²) in [5.74, 6) is 0.150. The lowest BCUT2D eigenvalue weighted by atomic mass is 9.83. The van der Waals surface area contributed by atoms with E-state index in [0.29, 0.717) is 0 Å². The molecule has 0 aromatic heterocycles. The Bertz CT molecular complexity index is 593. The number of benzene rings is 1. The van der Waals surface area contributed by atoms with Crippen LogP contribution in [0.2, 0.25) is 0 Å². The van der Waals surface area contributed by atoms with E-state index in [0.717, 1.165) is 44.5 Å². The third-order valence-corrected chi connectivity index (χ3v) is 5.04. The summed E-state index contributed by atoms with van der Waals surface area (Å²) in [5.41, 5.74) is 3.53. The first-order chi connectivity index (χ1) is 10.6. The lowest BCUT2D eigenvalue weighted by Gasteiger charge is -2.38. The first-order valence-corrected chi connectivity index (χ1v) is 8.48. The highest BCUT2D eigenvalue weighted by Crippen LogP contribution is 2.31. The molecule has 0 spiro atoms. The predicted octanol–water partition coefficient (Wildman–Crippen LogP) is 3.78. The van der Waals surface area contributed by atoms with Gasteiger partial charge in [0.1, 0.15) is 0 Å². The maximum atomic E-state index is 12.6. The second kappa shape index (κ2) is 7.39. The molecule has 2 heterocycles. The van der Waals surface area contributed by atoms with Crippen molar-refractivity contribution in [2.75, 3.05) is 13.1 Å². The van der Waals surface area contributed by atoms with Gasteiger partial charge in [0.25, 0.3) is 0 Å². The van der Waals surface area contributed by atoms with E-state index in [2.05, 4.69) is 37.4 Å². The molecule has 1 N–H and O–H groups in total. The highest BCUT2D eigenvalue weighted by atomic mass is 35.5. The number of halogens is 1. The molecule has 126 valence electrons. The Morgan fingerprint density at radius 2 is 1.96 bits per heavy atom. The molecule has 4 heteroatoms. The molecular formula is C19H27ClN2O. The van der Waals surface area contributed by atoms with Gasteiger partial charge in [0.05, 0.1) is 0 Å². The van der Waals surface area contributed by atoms with Crippen LogP contribution >= 0.6 is 12.4 Å². The lowest BCUT2D eigenvalue weighted by molar-refractivity contribution is -0.126. The van der Waals surface area contributed by atoms with Crippen LogP contribution in [0, 0.1) is 0 Å². The maximum absolute atomic E-state index is 12.6. The van der Waals surface area contributed by atoms with E-state index < -0.39 is 0 Å². The fraction of sp³-hybridized carbons (Fsp3) is 0.526. The van der Waals surface area contributed by atoms with E-state index >= 15 is 0 Å². The number of nitrogens with zero attached hydrogens (tertiary/aromatic N) is 1. The van der Waals surface area contributed by atoms with Crippen molar-refractivity contribution < 1.29 is 4.79 Å². The van der Waals surface area contributed by atoms with Gasteiger partial charge >= 0.3 is 0 Å². The molecule has 1 fully saturated rings. The summed E-state index contributed by atoms with van der Waals surface area (Å²) in [5, 5.41) is 3.62. The molecule has 0 aliphatic carbocycles. The van der Waals surface area contributed by atoms with Crippen LogP contribution in [-0.2, 0) is 11.2 Å². The van der Waals surface area contributed by atoms with Crippen molar-refractivity contribution >= 4 is 24.0 Å². The Balaban J connectivity index is 0.00000192. The van der Waals surface area contributed by atoms with Crippen molar-refractivity contribution in [3.63, 3.8) is 0 Å². The molecule has 0 radical (unpaired) electrons. The van der Waals surface area contributed by atoms with Crippen LogP contribution in [-0.4, -0.2) is 29.4 Å². The Kier molecular flexibility index (Phi) is 5.74. The van der Waals surface area contributed by atoms with Crippen LogP contribution in [0.5, 0.6) is 0 Å². The highest BCUT2D eigenvalue weighted by molar-refractivity contribution is 5.95. The Labute approximate surface area is 145 Å². The van der Waals surface area contributed by atoms with Gasteiger partial charge in [-0.3, -0.25) is 4.79 Å². The molecule has 2 aliphatic rings. The van der Waals surface area contributed by atoms with E-state index in [9.17, 15) is 4.79 Å². The molecule has 0 saturated carbocycles. The lowest BCUT2D eigenvalue weighted by Crippen LogP contribution is -2.46. The maximum Gasteiger partial charge on any atom is 0.248 e. The van der Waals surface area contributed by atoms with E-state index in [1.54, 1.807) is 0 Å². The van der Waals surface area contributed by atoms with Crippen LogP contribution in [0.4, 0.5) is 0 Å². The van der Waals surface area contributed by atoms with Gasteiger partial charge in [-0.25, -0.2) is 0 Å². The molecule has 23 heavy (non-hydrogen) atoms. The van der Waals surface area contributed by atoms with Gasteiger partial charge in [-0.15, -0.1) is 12.4 Å². The Hall–Kier alpha value is -1.48. The van der Waals surface area contributed by atoms with Crippen LogP contribution in [0.15, 0.2) is 30.3 Å². The number of rotatable bonds is 2. The van der Waals surface area contributed by atoms with E-state index in [4.69, 9.17) is 0 Å². The zero-order valence-electron chi connectivity index (χ0n) is 14.1. The van der Waals surface area contributed by atoms with Crippen molar-refractivity contribution in [3.05, 3.63) is 41.5 Å². The smallest absolute Gasteiger partial charge is 0.248 e. The van der Waals surface area contributed by atoms with Crippen LogP contribution in [0.1, 0.15) is 50.7 Å². The summed E-state index contributed by atoms with van der Waals surface area (Å²) in [7, 11) is 0. The van der Waals surface area contributed by atoms with Gasteiger partial charge in [-0.1, -0.05) is 31.2 Å². The average molecular weight is 335 g/mol. The normalized spacial score (nSPS) is 25.3. The monoisotopic (exact) mass is 334 g/mol. The standard InChI is InChI=1S/C19H26N2O.ClH/c1-3-19(2)14-15-9-5-6-10-16(15)17(20-19)13-18(22)21-11-7-4-8-12-21;/h5-6,9-10,13,20H,3-4,7-8,11-12,14H2,1-2H3;1H. The van der Waals surface area contributed by atoms with Crippen LogP contribution < -0.4 is 5.32 Å². The molecule has 3 rings (SSSR count). The summed E-state index contributed by atoms with van der Waals surface area (Å²) >= 11 is 0. The molecule has 0 bridgehead atoms. The minimum absolute atomic E-state index is 0. The summed E-state index contributed by atoms with van der Waals surface area (Å²) in [4.78, 5) is 14.6. The molecule has 1 aromatic carbocycles. The van der Waals surface area contributed by atoms with Crippen LogP contribution in [0.3, 0.4) is 0 Å². The van der Waals surface area contributed by atoms with E-state index in [1.807, 2.05) is 17.0 Å². The number of likely N-dealkylation sites (tertiary alicyclic amines) is 1. The quantitative estimate of drug-likeness (QED) is 0.835. The number of fused-ring (bicyclic) bond motifs is 1. The fourth-order valence-electron chi connectivity index (χ4n) is 3.45. The van der Waals surface area contributed by atoms with Crippen molar-refractivity contribution in [3.8, 4) is 0 Å². The van der Waals surface area contributed by atoms with Crippen molar-refractivity contribution in [1.82, 2.24) is 10.2 Å². The summed E-state index contributed by atoms with van der Waals surface area (Å²) in [6.45, 7) is 6.23. The third kappa shape index (κ3) is 3.89. The second-order valence-electron chi connectivity index (χ2n) is 6.82. The minimum Gasteiger partial charge on any atom is -0.379 e. The van der Waals surface area contributed by atoms with Gasteiger partial charge in [-0.05, 0) is 44.6 Å². The molecule has 3 nitrogen and oxygen atoms in total. The molecule has 1 unspecified atom stereocenters. The van der Waals surface area contributed by atoms with Gasteiger partial charge in [-0.2, -0.15) is 0 Å². The predicted molar refractivity (Wildman–Crippen MR) is 97.6 cm³/mol. The van der Waals surface area contributed by atoms with Gasteiger partial charge in [0.15, 0.2) is 0 Å². The van der Waals surface area contributed by atoms with E-state index in [1.165, 1.54) is 17.5 Å². The SMILES string of the molecule is CCC1(C)Cc2ccccc2C(=CC(=O)N2CCCCC2)N1.Cl. The number of nitrogens with one attached hydrogen (secondary N) is 1. The molecule has 1 atom stereocenters. The minimum atomic E-state index is 0. The van der Waals surface area contributed by atoms with Crippen molar-refractivity contribution in [1.29, 1.82) is 0 Å². The van der Waals surface area contributed by atoms with Gasteiger partial charge in [0, 0.05) is 36.0 Å². The average Bonchev–Trinajstić information content (AvgIpc) is 2.55. The largest absolute Gasteiger partial charge is 0.379 e. The molecule has 1 amide bonds. The Morgan fingerprint density at radius 3 is 2.65 bits per heavy atom. The summed E-state index contributed by atoms with van der Waals surface area (Å²) in [6, 6.07) is 8.44. The fourth-order valence-corrected chi connectivity index (χ4v) is 3.45. The molecular weight excluding hydrogens is 308 g/mol. The van der Waals surface area contributed by atoms with Gasteiger partial charge in [0.2, 0.25) is 5.91 Å². The number of carbonyl (C=O) groups excluding carboxylic acids is 1. The van der Waals surface area contributed by atoms with E-state index in [-0.39, 0.29) is 23.9 Å². The number of piperidine rings is 1. The second-order valence-corrected chi connectivity index (χ2v) is 6.82. The molecule has 1 aromatic rings. The zero-order valence-corrected chi connectivity index (χ0v) is 14.9. The number of carbonyl (C=O) groups is 1. The topological polar surface area (TPSA) is 32.3 Å². The number of hydrogen-bond acceptors (Lipinski definition) is 2. The summed E-state index contributed by atoms with van der Waals surface area (Å²) < 4.78 is 0. The Morgan fingerprint density at radius 1 is 1.26 bits per heavy atom. The van der Waals surface area contributed by atoms with Crippen molar-refractivity contribution in [2.45, 2.75) is 51.5 Å². The first kappa shape index (κ1) is 17.9. The first-order valence-electron chi connectivity index (χ1n) is 8.48.